The fraction of sp³-hybridized carbons (Fsp3) is 0.364. The zero-order valence-electron chi connectivity index (χ0n) is 17.5. The molecule has 0 bridgehead atoms. The molecule has 0 heterocycles. The Kier molecular flexibility index (Phi) is 8.48. The molecule has 156 valence electrons. The van der Waals surface area contributed by atoms with Gasteiger partial charge in [0, 0.05) is 23.9 Å². The molecule has 0 saturated carbocycles. The van der Waals surface area contributed by atoms with Crippen LogP contribution >= 0.6 is 0 Å². The number of nitrogens with one attached hydrogen (secondary N) is 2. The van der Waals surface area contributed by atoms with Gasteiger partial charge in [-0.15, -0.1) is 0 Å². The molecule has 2 aromatic rings. The topological polar surface area (TPSA) is 79.9 Å². The van der Waals surface area contributed by atoms with E-state index in [-0.39, 0.29) is 24.9 Å². The van der Waals surface area contributed by atoms with E-state index in [9.17, 15) is 9.59 Å². The molecule has 2 rings (SSSR count). The van der Waals surface area contributed by atoms with Gasteiger partial charge in [0.05, 0.1) is 27.3 Å². The van der Waals surface area contributed by atoms with Gasteiger partial charge in [0.1, 0.15) is 11.5 Å². The van der Waals surface area contributed by atoms with Crippen LogP contribution in [-0.4, -0.2) is 51.1 Å². The lowest BCUT2D eigenvalue weighted by molar-refractivity contribution is -0.124. The maximum Gasteiger partial charge on any atom is 0.243 e. The molecule has 2 aromatic carbocycles. The molecule has 0 aliphatic heterocycles. The predicted octanol–water partition coefficient (Wildman–Crippen LogP) is 2.45. The number of carbonyl (C=O) groups is 2. The number of benzene rings is 2. The number of anilines is 1. The molecule has 29 heavy (non-hydrogen) atoms. The Morgan fingerprint density at radius 2 is 1.76 bits per heavy atom. The number of rotatable bonds is 10. The van der Waals surface area contributed by atoms with Crippen molar-refractivity contribution < 1.29 is 19.1 Å². The summed E-state index contributed by atoms with van der Waals surface area (Å²) in [6, 6.07) is 13.2. The summed E-state index contributed by atoms with van der Waals surface area (Å²) in [4.78, 5) is 26.2. The first-order valence-electron chi connectivity index (χ1n) is 9.50. The average Bonchev–Trinajstić information content (AvgIpc) is 2.72. The summed E-state index contributed by atoms with van der Waals surface area (Å²) in [5, 5.41) is 5.50. The molecule has 2 N–H and O–H groups in total. The molecule has 0 aliphatic rings. The molecular formula is C22H29N3O4. The first kappa shape index (κ1) is 22.2. The first-order chi connectivity index (χ1) is 14.0. The second kappa shape index (κ2) is 11.1. The SMILES string of the molecule is CCc1ccccc1NC(=O)CNC(=O)CN(C)Cc1ccc(OC)cc1OC. The summed E-state index contributed by atoms with van der Waals surface area (Å²) in [7, 11) is 5.03. The molecular weight excluding hydrogens is 370 g/mol. The summed E-state index contributed by atoms with van der Waals surface area (Å²) in [6.07, 6.45) is 0.822. The van der Waals surface area contributed by atoms with Crippen LogP contribution in [0, 0.1) is 0 Å². The van der Waals surface area contributed by atoms with Crippen LogP contribution in [0.25, 0.3) is 0 Å². The van der Waals surface area contributed by atoms with Crippen LogP contribution in [0.15, 0.2) is 42.5 Å². The monoisotopic (exact) mass is 399 g/mol. The molecule has 0 fully saturated rings. The number of nitrogens with zero attached hydrogens (tertiary/aromatic N) is 1. The Morgan fingerprint density at radius 3 is 2.45 bits per heavy atom. The van der Waals surface area contributed by atoms with Crippen LogP contribution in [0.3, 0.4) is 0 Å². The Bertz CT molecular complexity index is 839. The number of carbonyl (C=O) groups excluding carboxylic acids is 2. The number of ether oxygens (including phenoxy) is 2. The van der Waals surface area contributed by atoms with E-state index in [1.807, 2.05) is 61.3 Å². The lowest BCUT2D eigenvalue weighted by atomic mass is 10.1. The highest BCUT2D eigenvalue weighted by atomic mass is 16.5. The highest BCUT2D eigenvalue weighted by Gasteiger charge is 2.12. The van der Waals surface area contributed by atoms with Crippen LogP contribution in [-0.2, 0) is 22.6 Å². The molecule has 0 saturated heterocycles. The number of para-hydroxylation sites is 1. The summed E-state index contributed by atoms with van der Waals surface area (Å²) < 4.78 is 10.6. The normalized spacial score (nSPS) is 10.5. The van der Waals surface area contributed by atoms with Crippen molar-refractivity contribution >= 4 is 17.5 Å². The Balaban J connectivity index is 1.82. The van der Waals surface area contributed by atoms with Gasteiger partial charge in [-0.05, 0) is 31.2 Å². The molecule has 0 aromatic heterocycles. The third-order valence-corrected chi connectivity index (χ3v) is 4.47. The molecule has 0 atom stereocenters. The van der Waals surface area contributed by atoms with Gasteiger partial charge in [-0.25, -0.2) is 0 Å². The van der Waals surface area contributed by atoms with Crippen molar-refractivity contribution in [2.45, 2.75) is 19.9 Å². The summed E-state index contributed by atoms with van der Waals surface area (Å²) in [5.41, 5.74) is 2.77. The van der Waals surface area contributed by atoms with E-state index >= 15 is 0 Å². The zero-order chi connectivity index (χ0) is 21.2. The highest BCUT2D eigenvalue weighted by Crippen LogP contribution is 2.25. The largest absolute Gasteiger partial charge is 0.497 e. The third kappa shape index (κ3) is 6.80. The minimum absolute atomic E-state index is 0.0728. The lowest BCUT2D eigenvalue weighted by Crippen LogP contribution is -2.39. The maximum atomic E-state index is 12.2. The Hall–Kier alpha value is -3.06. The van der Waals surface area contributed by atoms with Gasteiger partial charge in [0.25, 0.3) is 0 Å². The van der Waals surface area contributed by atoms with E-state index in [1.165, 1.54) is 0 Å². The smallest absolute Gasteiger partial charge is 0.243 e. The van der Waals surface area contributed by atoms with Crippen molar-refractivity contribution in [2.75, 3.05) is 39.7 Å². The summed E-state index contributed by atoms with van der Waals surface area (Å²) in [6.45, 7) is 2.64. The first-order valence-corrected chi connectivity index (χ1v) is 9.50. The predicted molar refractivity (Wildman–Crippen MR) is 113 cm³/mol. The fourth-order valence-electron chi connectivity index (χ4n) is 2.95. The summed E-state index contributed by atoms with van der Waals surface area (Å²) in [5.74, 6) is 0.935. The van der Waals surface area contributed by atoms with Gasteiger partial charge in [-0.2, -0.15) is 0 Å². The van der Waals surface area contributed by atoms with Gasteiger partial charge in [-0.1, -0.05) is 31.2 Å². The van der Waals surface area contributed by atoms with Crippen molar-refractivity contribution in [1.29, 1.82) is 0 Å². The van der Waals surface area contributed by atoms with E-state index in [2.05, 4.69) is 10.6 Å². The maximum absolute atomic E-state index is 12.2. The quantitative estimate of drug-likeness (QED) is 0.642. The second-order valence-corrected chi connectivity index (χ2v) is 6.69. The fourth-order valence-corrected chi connectivity index (χ4v) is 2.95. The van der Waals surface area contributed by atoms with Gasteiger partial charge in [0.15, 0.2) is 0 Å². The number of methoxy groups -OCH3 is 2. The number of likely N-dealkylation sites (N-methyl/N-ethyl adjacent to an activating group) is 1. The average molecular weight is 399 g/mol. The Labute approximate surface area is 172 Å². The van der Waals surface area contributed by atoms with Gasteiger partial charge >= 0.3 is 0 Å². The molecule has 0 spiro atoms. The van der Waals surface area contributed by atoms with Crippen LogP contribution in [0.4, 0.5) is 5.69 Å². The number of hydrogen-bond donors (Lipinski definition) is 2. The van der Waals surface area contributed by atoms with Crippen molar-refractivity contribution in [3.8, 4) is 11.5 Å². The van der Waals surface area contributed by atoms with E-state index in [0.717, 1.165) is 23.2 Å². The lowest BCUT2D eigenvalue weighted by Gasteiger charge is -2.18. The van der Waals surface area contributed by atoms with Crippen molar-refractivity contribution in [2.24, 2.45) is 0 Å². The minimum Gasteiger partial charge on any atom is -0.497 e. The minimum atomic E-state index is -0.251. The second-order valence-electron chi connectivity index (χ2n) is 6.69. The van der Waals surface area contributed by atoms with Crippen molar-refractivity contribution in [3.63, 3.8) is 0 Å². The van der Waals surface area contributed by atoms with Crippen molar-refractivity contribution in [1.82, 2.24) is 10.2 Å². The van der Waals surface area contributed by atoms with E-state index in [0.29, 0.717) is 18.0 Å². The Morgan fingerprint density at radius 1 is 1.00 bits per heavy atom. The molecule has 0 aliphatic carbocycles. The molecule has 7 heteroatoms. The van der Waals surface area contributed by atoms with Gasteiger partial charge in [-0.3, -0.25) is 14.5 Å². The van der Waals surface area contributed by atoms with Crippen LogP contribution in [0.2, 0.25) is 0 Å². The van der Waals surface area contributed by atoms with E-state index in [4.69, 9.17) is 9.47 Å². The standard InChI is InChI=1S/C22H29N3O4/c1-5-16-8-6-7-9-19(16)24-21(26)13-23-22(27)15-25(2)14-17-10-11-18(28-3)12-20(17)29-4/h6-12H,5,13-15H2,1-4H3,(H,23,27)(H,24,26). The number of aryl methyl sites for hydroxylation is 1. The molecule has 0 unspecified atom stereocenters. The highest BCUT2D eigenvalue weighted by molar-refractivity contribution is 5.95. The van der Waals surface area contributed by atoms with Crippen LogP contribution in [0.5, 0.6) is 11.5 Å². The third-order valence-electron chi connectivity index (χ3n) is 4.47. The van der Waals surface area contributed by atoms with Crippen LogP contribution < -0.4 is 20.1 Å². The van der Waals surface area contributed by atoms with Gasteiger partial charge in [0.2, 0.25) is 11.8 Å². The number of hydrogen-bond acceptors (Lipinski definition) is 5. The zero-order valence-corrected chi connectivity index (χ0v) is 17.5. The molecule has 0 radical (unpaired) electrons. The van der Waals surface area contributed by atoms with E-state index < -0.39 is 0 Å². The number of amides is 2. The van der Waals surface area contributed by atoms with Gasteiger partial charge < -0.3 is 20.1 Å². The molecule has 2 amide bonds. The van der Waals surface area contributed by atoms with Crippen LogP contribution in [0.1, 0.15) is 18.1 Å². The summed E-state index contributed by atoms with van der Waals surface area (Å²) >= 11 is 0. The van der Waals surface area contributed by atoms with E-state index in [1.54, 1.807) is 14.2 Å². The molecule has 7 nitrogen and oxygen atoms in total. The van der Waals surface area contributed by atoms with Crippen molar-refractivity contribution in [3.05, 3.63) is 53.6 Å².